The van der Waals surface area contributed by atoms with Crippen molar-refractivity contribution in [1.29, 1.82) is 0 Å². The molecule has 42 heavy (non-hydrogen) atoms. The minimum Gasteiger partial charge on any atom is -0.336 e. The van der Waals surface area contributed by atoms with Crippen LogP contribution >= 0.6 is 0 Å². The highest BCUT2D eigenvalue weighted by Gasteiger charge is 2.53. The molecule has 4 aliphatic rings. The number of hydrogen-bond donors (Lipinski definition) is 1. The summed E-state index contributed by atoms with van der Waals surface area (Å²) in [4.78, 5) is 32.1. The van der Waals surface area contributed by atoms with Gasteiger partial charge in [-0.15, -0.1) is 0 Å². The van der Waals surface area contributed by atoms with Crippen molar-refractivity contribution >= 4 is 34.1 Å². The molecule has 1 N–H and O–H groups in total. The molecular formula is C33H36FN7O. The van der Waals surface area contributed by atoms with Crippen molar-refractivity contribution in [3.63, 3.8) is 0 Å². The fourth-order valence-corrected chi connectivity index (χ4v) is 7.40. The Labute approximate surface area is 245 Å². The summed E-state index contributed by atoms with van der Waals surface area (Å²) in [5, 5.41) is 3.21. The molecule has 1 saturated heterocycles. The summed E-state index contributed by atoms with van der Waals surface area (Å²) in [6.45, 7) is 10.7. The van der Waals surface area contributed by atoms with Crippen LogP contribution in [0.1, 0.15) is 58.6 Å². The van der Waals surface area contributed by atoms with Gasteiger partial charge in [-0.1, -0.05) is 12.1 Å². The zero-order chi connectivity index (χ0) is 28.9. The number of pyridine rings is 2. The number of hydrogen-bond acceptors (Lipinski definition) is 6. The number of aromatic nitrogens is 4. The standard InChI is InChI=1S/C33H36FN7O/c1-18(2)40-17-36-28-13-27(38-31(30(28)40)37-26-7-8-35-14-25(26)34)19-5-6-24-29(10-19)41(32(42)33(24,3)4)23-11-22(12-23)39-15-20-9-21(20)16-39/h5-8,10,13-14,17-18,20-23H,9,11-12,15-16H2,1-4H3,(H,35,37,38). The number of amides is 1. The van der Waals surface area contributed by atoms with Gasteiger partial charge in [-0.05, 0) is 82.6 Å². The smallest absolute Gasteiger partial charge is 0.237 e. The molecule has 1 aromatic carbocycles. The highest BCUT2D eigenvalue weighted by atomic mass is 19.1. The predicted octanol–water partition coefficient (Wildman–Crippen LogP) is 6.06. The lowest BCUT2D eigenvalue weighted by atomic mass is 9.83. The molecule has 3 aromatic heterocycles. The number of anilines is 3. The molecule has 2 atom stereocenters. The molecule has 0 spiro atoms. The number of piperidine rings is 1. The number of likely N-dealkylation sites (tertiary alicyclic amines) is 1. The van der Waals surface area contributed by atoms with E-state index in [-0.39, 0.29) is 18.0 Å². The van der Waals surface area contributed by atoms with Gasteiger partial charge in [0.05, 0.1) is 34.8 Å². The molecule has 216 valence electrons. The number of carbonyl (C=O) groups excluding carboxylic acids is 1. The van der Waals surface area contributed by atoms with Crippen molar-refractivity contribution in [2.45, 2.75) is 70.5 Å². The fourth-order valence-electron chi connectivity index (χ4n) is 7.40. The summed E-state index contributed by atoms with van der Waals surface area (Å²) in [7, 11) is 0. The summed E-state index contributed by atoms with van der Waals surface area (Å²) in [6, 6.07) is 10.8. The summed E-state index contributed by atoms with van der Waals surface area (Å²) in [5.74, 6) is 2.10. The largest absolute Gasteiger partial charge is 0.336 e. The van der Waals surface area contributed by atoms with Crippen molar-refractivity contribution in [3.05, 3.63) is 60.4 Å². The molecule has 2 unspecified atom stereocenters. The lowest BCUT2D eigenvalue weighted by Crippen LogP contribution is -2.56. The van der Waals surface area contributed by atoms with Crippen LogP contribution in [-0.2, 0) is 10.2 Å². The van der Waals surface area contributed by atoms with Gasteiger partial charge in [-0.25, -0.2) is 14.4 Å². The summed E-state index contributed by atoms with van der Waals surface area (Å²) in [5.41, 5.74) is 4.97. The van der Waals surface area contributed by atoms with Crippen LogP contribution in [0.25, 0.3) is 22.3 Å². The van der Waals surface area contributed by atoms with Crippen LogP contribution in [0.5, 0.6) is 0 Å². The molecule has 5 heterocycles. The molecule has 8 nitrogen and oxygen atoms in total. The predicted molar refractivity (Wildman–Crippen MR) is 161 cm³/mol. The van der Waals surface area contributed by atoms with Gasteiger partial charge in [0, 0.05) is 48.7 Å². The van der Waals surface area contributed by atoms with Gasteiger partial charge in [0.15, 0.2) is 11.6 Å². The molecule has 1 amide bonds. The number of nitrogens with zero attached hydrogens (tertiary/aromatic N) is 6. The first-order valence-corrected chi connectivity index (χ1v) is 15.2. The van der Waals surface area contributed by atoms with Crippen LogP contribution in [-0.4, -0.2) is 55.5 Å². The van der Waals surface area contributed by atoms with E-state index in [2.05, 4.69) is 51.1 Å². The quantitative estimate of drug-likeness (QED) is 0.306. The average molecular weight is 566 g/mol. The summed E-state index contributed by atoms with van der Waals surface area (Å²) in [6.07, 6.45) is 8.03. The zero-order valence-electron chi connectivity index (χ0n) is 24.5. The number of carbonyl (C=O) groups is 1. The lowest BCUT2D eigenvalue weighted by Gasteiger charge is -2.46. The second-order valence-electron chi connectivity index (χ2n) is 13.5. The monoisotopic (exact) mass is 565 g/mol. The minimum absolute atomic E-state index is 0.143. The van der Waals surface area contributed by atoms with Gasteiger partial charge in [-0.2, -0.15) is 0 Å². The van der Waals surface area contributed by atoms with Gasteiger partial charge in [0.1, 0.15) is 5.52 Å². The van der Waals surface area contributed by atoms with E-state index in [0.717, 1.165) is 58.2 Å². The van der Waals surface area contributed by atoms with Crippen molar-refractivity contribution in [2.75, 3.05) is 23.3 Å². The van der Waals surface area contributed by atoms with Gasteiger partial charge in [0.25, 0.3) is 0 Å². The maximum atomic E-state index is 14.6. The molecular weight excluding hydrogens is 529 g/mol. The molecule has 0 bridgehead atoms. The molecule has 9 heteroatoms. The topological polar surface area (TPSA) is 79.2 Å². The Morgan fingerprint density at radius 2 is 1.83 bits per heavy atom. The zero-order valence-corrected chi connectivity index (χ0v) is 24.5. The van der Waals surface area contributed by atoms with Crippen LogP contribution in [0.2, 0.25) is 0 Å². The van der Waals surface area contributed by atoms with Gasteiger partial charge < -0.3 is 14.8 Å². The number of rotatable bonds is 6. The Kier molecular flexibility index (Phi) is 5.58. The van der Waals surface area contributed by atoms with Crippen LogP contribution in [0.3, 0.4) is 0 Å². The van der Waals surface area contributed by atoms with E-state index < -0.39 is 11.2 Å². The first kappa shape index (κ1) is 25.8. The number of imidazole rings is 1. The van der Waals surface area contributed by atoms with Crippen molar-refractivity contribution in [3.8, 4) is 11.3 Å². The Hall–Kier alpha value is -3.85. The molecule has 8 rings (SSSR count). The van der Waals surface area contributed by atoms with Crippen molar-refractivity contribution in [2.24, 2.45) is 11.8 Å². The van der Waals surface area contributed by atoms with Crippen LogP contribution in [0, 0.1) is 17.7 Å². The van der Waals surface area contributed by atoms with E-state index in [1.165, 1.54) is 25.7 Å². The normalized spacial score (nSPS) is 26.0. The van der Waals surface area contributed by atoms with Crippen molar-refractivity contribution in [1.82, 2.24) is 24.4 Å². The third-order valence-corrected chi connectivity index (χ3v) is 10.1. The number of nitrogens with one attached hydrogen (secondary N) is 1. The number of fused-ring (bicyclic) bond motifs is 3. The second kappa shape index (κ2) is 9.07. The van der Waals surface area contributed by atoms with E-state index >= 15 is 0 Å². The number of halogens is 1. The van der Waals surface area contributed by atoms with Gasteiger partial charge >= 0.3 is 0 Å². The third-order valence-electron chi connectivity index (χ3n) is 10.1. The lowest BCUT2D eigenvalue weighted by molar-refractivity contribution is -0.123. The SMILES string of the molecule is CC(C)n1cnc2cc(-c3ccc4c(c3)N(C3CC(N5CC6CC6C5)C3)C(=O)C4(C)C)nc(Nc3ccncc3F)c21. The van der Waals surface area contributed by atoms with E-state index in [9.17, 15) is 9.18 Å². The maximum absolute atomic E-state index is 14.6. The molecule has 0 radical (unpaired) electrons. The fraction of sp³-hybridized carbons (Fsp3) is 0.455. The first-order valence-electron chi connectivity index (χ1n) is 15.2. The minimum atomic E-state index is -0.576. The van der Waals surface area contributed by atoms with E-state index in [1.807, 2.05) is 30.5 Å². The first-order chi connectivity index (χ1) is 20.2. The van der Waals surface area contributed by atoms with E-state index in [1.54, 1.807) is 18.6 Å². The van der Waals surface area contributed by atoms with E-state index in [4.69, 9.17) is 4.98 Å². The summed E-state index contributed by atoms with van der Waals surface area (Å²) < 4.78 is 16.7. The van der Waals surface area contributed by atoms with Gasteiger partial charge in [0.2, 0.25) is 5.91 Å². The Morgan fingerprint density at radius 1 is 1.05 bits per heavy atom. The molecule has 4 aromatic rings. The van der Waals surface area contributed by atoms with Gasteiger partial charge in [-0.3, -0.25) is 14.7 Å². The average Bonchev–Trinajstić information content (AvgIpc) is 3.26. The maximum Gasteiger partial charge on any atom is 0.237 e. The summed E-state index contributed by atoms with van der Waals surface area (Å²) >= 11 is 0. The highest BCUT2D eigenvalue weighted by molar-refractivity contribution is 6.08. The molecule has 2 saturated carbocycles. The van der Waals surface area contributed by atoms with Crippen LogP contribution in [0.4, 0.5) is 21.6 Å². The van der Waals surface area contributed by atoms with Crippen LogP contribution < -0.4 is 10.2 Å². The highest BCUT2D eigenvalue weighted by Crippen LogP contribution is 2.51. The Balaban J connectivity index is 1.17. The Bertz CT molecular complexity index is 1730. The van der Waals surface area contributed by atoms with Crippen LogP contribution in [0.15, 0.2) is 49.1 Å². The molecule has 3 fully saturated rings. The molecule has 2 aliphatic carbocycles. The van der Waals surface area contributed by atoms with E-state index in [0.29, 0.717) is 17.5 Å². The molecule has 2 aliphatic heterocycles. The Morgan fingerprint density at radius 3 is 2.57 bits per heavy atom. The second-order valence-corrected chi connectivity index (χ2v) is 13.5. The number of benzene rings is 1. The van der Waals surface area contributed by atoms with Crippen molar-refractivity contribution < 1.29 is 9.18 Å². The third kappa shape index (κ3) is 3.89.